The molecule has 1 aromatic rings. The van der Waals surface area contributed by atoms with Gasteiger partial charge in [0, 0.05) is 25.5 Å². The van der Waals surface area contributed by atoms with E-state index in [4.69, 9.17) is 0 Å². The first-order valence-corrected chi connectivity index (χ1v) is 10.6. The molecule has 0 fully saturated rings. The minimum absolute atomic E-state index is 0.00397. The quantitative estimate of drug-likeness (QED) is 0.357. The summed E-state index contributed by atoms with van der Waals surface area (Å²) >= 11 is 3.62. The van der Waals surface area contributed by atoms with Gasteiger partial charge >= 0.3 is 0 Å². The molecule has 0 aliphatic heterocycles. The van der Waals surface area contributed by atoms with Crippen LogP contribution in [0, 0.1) is 0 Å². The van der Waals surface area contributed by atoms with Gasteiger partial charge < -0.3 is 15.5 Å². The lowest BCUT2D eigenvalue weighted by molar-refractivity contribution is -0.127. The first kappa shape index (κ1) is 20.8. The normalized spacial score (nSPS) is 11.4. The van der Waals surface area contributed by atoms with Gasteiger partial charge in [-0.2, -0.15) is 11.8 Å². The zero-order chi connectivity index (χ0) is 17.6. The summed E-state index contributed by atoms with van der Waals surface area (Å²) in [6, 6.07) is 4.13. The predicted molar refractivity (Wildman–Crippen MR) is 107 cm³/mol. The fraction of sp³-hybridized carbons (Fsp3) is 0.647. The highest BCUT2D eigenvalue weighted by molar-refractivity contribution is 7.98. The lowest BCUT2D eigenvalue weighted by Crippen LogP contribution is -2.38. The molecule has 0 spiro atoms. The van der Waals surface area contributed by atoms with Crippen LogP contribution in [0.15, 0.2) is 22.5 Å². The van der Waals surface area contributed by atoms with E-state index in [0.29, 0.717) is 5.96 Å². The van der Waals surface area contributed by atoms with Crippen LogP contribution in [0.1, 0.15) is 30.6 Å². The number of hydrogen-bond donors (Lipinski definition) is 2. The summed E-state index contributed by atoms with van der Waals surface area (Å²) < 4.78 is 0. The van der Waals surface area contributed by atoms with E-state index in [-0.39, 0.29) is 12.5 Å². The van der Waals surface area contributed by atoms with Crippen LogP contribution in [0.3, 0.4) is 0 Å². The van der Waals surface area contributed by atoms with E-state index in [9.17, 15) is 4.79 Å². The molecule has 1 rings (SSSR count). The monoisotopic (exact) mass is 370 g/mol. The van der Waals surface area contributed by atoms with Crippen LogP contribution in [0.2, 0.25) is 0 Å². The van der Waals surface area contributed by atoms with Gasteiger partial charge in [-0.25, -0.2) is 4.99 Å². The van der Waals surface area contributed by atoms with Gasteiger partial charge in [-0.05, 0) is 36.3 Å². The van der Waals surface area contributed by atoms with Crippen LogP contribution in [-0.2, 0) is 11.3 Å². The van der Waals surface area contributed by atoms with Gasteiger partial charge in [-0.3, -0.25) is 4.79 Å². The summed E-state index contributed by atoms with van der Waals surface area (Å²) in [5.74, 6) is 1.96. The van der Waals surface area contributed by atoms with Gasteiger partial charge in [-0.15, -0.1) is 11.3 Å². The van der Waals surface area contributed by atoms with Crippen molar-refractivity contribution < 1.29 is 4.79 Å². The van der Waals surface area contributed by atoms with Crippen molar-refractivity contribution in [1.29, 1.82) is 0 Å². The van der Waals surface area contributed by atoms with Crippen molar-refractivity contribution in [1.82, 2.24) is 15.5 Å². The first-order chi connectivity index (χ1) is 11.6. The number of hydrogen-bond acceptors (Lipinski definition) is 4. The highest BCUT2D eigenvalue weighted by atomic mass is 32.2. The SMILES string of the molecule is CSCCCCCCNC(=NCC(=O)N(C)C)NCc1cccs1. The second-order valence-electron chi connectivity index (χ2n) is 5.72. The summed E-state index contributed by atoms with van der Waals surface area (Å²) in [5.41, 5.74) is 0. The molecule has 5 nitrogen and oxygen atoms in total. The van der Waals surface area contributed by atoms with Gasteiger partial charge in [0.2, 0.25) is 5.91 Å². The largest absolute Gasteiger partial charge is 0.356 e. The van der Waals surface area contributed by atoms with Crippen LogP contribution in [0.4, 0.5) is 0 Å². The van der Waals surface area contributed by atoms with Crippen molar-refractivity contribution in [2.75, 3.05) is 39.2 Å². The molecule has 0 saturated carbocycles. The Morgan fingerprint density at radius 3 is 2.71 bits per heavy atom. The second-order valence-corrected chi connectivity index (χ2v) is 7.74. The molecule has 136 valence electrons. The fourth-order valence-electron chi connectivity index (χ4n) is 1.98. The fourth-order valence-corrected chi connectivity index (χ4v) is 3.12. The summed E-state index contributed by atoms with van der Waals surface area (Å²) in [4.78, 5) is 18.9. The lowest BCUT2D eigenvalue weighted by Gasteiger charge is -2.13. The molecule has 0 unspecified atom stereocenters. The van der Waals surface area contributed by atoms with Crippen LogP contribution in [-0.4, -0.2) is 56.0 Å². The van der Waals surface area contributed by atoms with Crippen molar-refractivity contribution in [2.24, 2.45) is 4.99 Å². The molecule has 0 aliphatic carbocycles. The topological polar surface area (TPSA) is 56.7 Å². The summed E-state index contributed by atoms with van der Waals surface area (Å²) in [6.45, 7) is 1.78. The lowest BCUT2D eigenvalue weighted by atomic mass is 10.2. The van der Waals surface area contributed by atoms with Crippen LogP contribution in [0.25, 0.3) is 0 Å². The molecule has 2 N–H and O–H groups in total. The number of nitrogens with zero attached hydrogens (tertiary/aromatic N) is 2. The van der Waals surface area contributed by atoms with Gasteiger partial charge in [0.25, 0.3) is 0 Å². The molecule has 24 heavy (non-hydrogen) atoms. The maximum absolute atomic E-state index is 11.7. The number of carbonyl (C=O) groups excluding carboxylic acids is 1. The zero-order valence-corrected chi connectivity index (χ0v) is 16.6. The highest BCUT2D eigenvalue weighted by Gasteiger charge is 2.05. The highest BCUT2D eigenvalue weighted by Crippen LogP contribution is 2.07. The van der Waals surface area contributed by atoms with Crippen LogP contribution >= 0.6 is 23.1 Å². The molecule has 0 bridgehead atoms. The van der Waals surface area contributed by atoms with Crippen molar-refractivity contribution in [3.63, 3.8) is 0 Å². The molecular formula is C17H30N4OS2. The number of carbonyl (C=O) groups is 1. The van der Waals surface area contributed by atoms with E-state index in [0.717, 1.165) is 19.5 Å². The second kappa shape index (κ2) is 13.1. The van der Waals surface area contributed by atoms with E-state index >= 15 is 0 Å². The maximum atomic E-state index is 11.7. The van der Waals surface area contributed by atoms with Gasteiger partial charge in [0.1, 0.15) is 6.54 Å². The molecule has 1 heterocycles. The number of aliphatic imine (C=N–C) groups is 1. The van der Waals surface area contributed by atoms with Crippen LogP contribution in [0.5, 0.6) is 0 Å². The Morgan fingerprint density at radius 2 is 2.04 bits per heavy atom. The molecule has 0 radical (unpaired) electrons. The number of thioether (sulfide) groups is 1. The molecule has 0 saturated heterocycles. The van der Waals surface area contributed by atoms with Gasteiger partial charge in [0.15, 0.2) is 5.96 Å². The third kappa shape index (κ3) is 9.82. The number of unbranched alkanes of at least 4 members (excludes halogenated alkanes) is 3. The smallest absolute Gasteiger partial charge is 0.243 e. The Balaban J connectivity index is 2.36. The Hall–Kier alpha value is -1.21. The first-order valence-electron chi connectivity index (χ1n) is 8.37. The maximum Gasteiger partial charge on any atom is 0.243 e. The van der Waals surface area contributed by atoms with Crippen molar-refractivity contribution >= 4 is 35.0 Å². The van der Waals surface area contributed by atoms with E-state index in [2.05, 4.69) is 33.3 Å². The Kier molecular flexibility index (Phi) is 11.4. The van der Waals surface area contributed by atoms with Crippen molar-refractivity contribution in [3.05, 3.63) is 22.4 Å². The van der Waals surface area contributed by atoms with Crippen LogP contribution < -0.4 is 10.6 Å². The molecule has 0 aliphatic rings. The molecular weight excluding hydrogens is 340 g/mol. The molecule has 0 aromatic carbocycles. The molecule has 7 heteroatoms. The zero-order valence-electron chi connectivity index (χ0n) is 15.0. The van der Waals surface area contributed by atoms with Gasteiger partial charge in [-0.1, -0.05) is 18.9 Å². The number of nitrogens with one attached hydrogen (secondary N) is 2. The predicted octanol–water partition coefficient (Wildman–Crippen LogP) is 2.79. The average molecular weight is 371 g/mol. The minimum Gasteiger partial charge on any atom is -0.356 e. The van der Waals surface area contributed by atoms with E-state index in [1.165, 1.54) is 29.9 Å². The average Bonchev–Trinajstić information content (AvgIpc) is 3.08. The number of rotatable bonds is 11. The number of thiophene rings is 1. The summed E-state index contributed by atoms with van der Waals surface area (Å²) in [6.07, 6.45) is 7.06. The van der Waals surface area contributed by atoms with E-state index in [1.54, 1.807) is 30.3 Å². The standard InChI is InChI=1S/C17H30N4OS2/c1-21(2)16(22)14-20-17(19-13-15-9-8-12-24-15)18-10-6-4-5-7-11-23-3/h8-9,12H,4-7,10-11,13-14H2,1-3H3,(H2,18,19,20). The number of likely N-dealkylation sites (N-methyl/N-ethyl adjacent to an activating group) is 1. The van der Waals surface area contributed by atoms with Crippen molar-refractivity contribution in [2.45, 2.75) is 32.2 Å². The minimum atomic E-state index is 0.00397. The molecule has 1 amide bonds. The molecule has 0 atom stereocenters. The summed E-state index contributed by atoms with van der Waals surface area (Å²) in [7, 11) is 3.50. The third-order valence-electron chi connectivity index (χ3n) is 3.45. The van der Waals surface area contributed by atoms with Crippen molar-refractivity contribution in [3.8, 4) is 0 Å². The van der Waals surface area contributed by atoms with Gasteiger partial charge in [0.05, 0.1) is 6.54 Å². The Labute approximate surface area is 154 Å². The van der Waals surface area contributed by atoms with E-state index in [1.807, 2.05) is 17.8 Å². The number of amides is 1. The number of guanidine groups is 1. The Morgan fingerprint density at radius 1 is 1.25 bits per heavy atom. The molecule has 1 aromatic heterocycles. The summed E-state index contributed by atoms with van der Waals surface area (Å²) in [5, 5.41) is 8.70. The third-order valence-corrected chi connectivity index (χ3v) is 5.02. The Bertz CT molecular complexity index is 475. The van der Waals surface area contributed by atoms with E-state index < -0.39 is 0 Å².